The fourth-order valence-corrected chi connectivity index (χ4v) is 3.65. The van der Waals surface area contributed by atoms with E-state index in [2.05, 4.69) is 5.32 Å². The van der Waals surface area contributed by atoms with Gasteiger partial charge in [0.05, 0.1) is 7.11 Å². The third-order valence-electron chi connectivity index (χ3n) is 4.81. The van der Waals surface area contributed by atoms with Crippen LogP contribution in [0.25, 0.3) is 0 Å². The number of fused-ring (bicyclic) bond motifs is 1. The van der Waals surface area contributed by atoms with E-state index in [0.717, 1.165) is 34.4 Å². The van der Waals surface area contributed by atoms with E-state index in [-0.39, 0.29) is 12.0 Å². The van der Waals surface area contributed by atoms with Crippen LogP contribution < -0.4 is 5.32 Å². The molecular weight excluding hydrogens is 328 g/mol. The summed E-state index contributed by atoms with van der Waals surface area (Å²) in [6, 6.07) is 9.92. The highest BCUT2D eigenvalue weighted by molar-refractivity contribution is 6.06. The molecule has 0 radical (unpaired) electrons. The van der Waals surface area contributed by atoms with Crippen molar-refractivity contribution in [2.24, 2.45) is 0 Å². The number of nitrogens with zero attached hydrogens (tertiary/aromatic N) is 1. The van der Waals surface area contributed by atoms with Crippen LogP contribution in [0.15, 0.2) is 30.3 Å². The number of carbonyl (C=O) groups excluding carboxylic acids is 2. The van der Waals surface area contributed by atoms with Gasteiger partial charge in [-0.15, -0.1) is 0 Å². The third-order valence-corrected chi connectivity index (χ3v) is 4.81. The number of rotatable bonds is 2. The summed E-state index contributed by atoms with van der Waals surface area (Å²) in [5, 5.41) is 2.99. The van der Waals surface area contributed by atoms with Gasteiger partial charge in [-0.2, -0.15) is 0 Å². The average molecular weight is 352 g/mol. The number of carbonyl (C=O) groups is 2. The number of nitrogens with one attached hydrogen (secondary N) is 1. The highest BCUT2D eigenvalue weighted by Gasteiger charge is 2.22. The van der Waals surface area contributed by atoms with Crippen LogP contribution in [0, 0.1) is 20.8 Å². The minimum atomic E-state index is -0.323. The maximum atomic E-state index is 12.8. The highest BCUT2D eigenvalue weighted by Crippen LogP contribution is 2.24. The molecule has 5 heteroatoms. The first-order valence-electron chi connectivity index (χ1n) is 8.73. The Balaban J connectivity index is 1.82. The molecule has 3 rings (SSSR count). The molecule has 0 saturated heterocycles. The largest absolute Gasteiger partial charge is 0.453 e. The van der Waals surface area contributed by atoms with E-state index in [9.17, 15) is 9.59 Å². The molecule has 1 heterocycles. The van der Waals surface area contributed by atoms with Crippen LogP contribution in [-0.2, 0) is 17.7 Å². The summed E-state index contributed by atoms with van der Waals surface area (Å²) in [5.41, 5.74) is 6.77. The molecule has 5 nitrogen and oxygen atoms in total. The standard InChI is InChI=1S/C21H24N2O3/c1-13-9-14(2)19(15(3)10-13)20(24)22-18-6-5-16-7-8-23(21(25)26-4)12-17(16)11-18/h5-6,9-11H,7-8,12H2,1-4H3,(H,22,24). The number of anilines is 1. The first kappa shape index (κ1) is 18.0. The van der Waals surface area contributed by atoms with Gasteiger partial charge < -0.3 is 15.0 Å². The van der Waals surface area contributed by atoms with Crippen molar-refractivity contribution >= 4 is 17.7 Å². The number of benzene rings is 2. The summed E-state index contributed by atoms with van der Waals surface area (Å²) >= 11 is 0. The van der Waals surface area contributed by atoms with Gasteiger partial charge in [-0.1, -0.05) is 23.8 Å². The Morgan fingerprint density at radius 1 is 1.04 bits per heavy atom. The normalized spacial score (nSPS) is 13.2. The molecule has 0 atom stereocenters. The summed E-state index contributed by atoms with van der Waals surface area (Å²) in [7, 11) is 1.39. The first-order valence-corrected chi connectivity index (χ1v) is 8.73. The predicted molar refractivity (Wildman–Crippen MR) is 102 cm³/mol. The molecule has 1 aliphatic rings. The summed E-state index contributed by atoms with van der Waals surface area (Å²) in [6.07, 6.45) is 0.463. The molecule has 2 amide bonds. The van der Waals surface area contributed by atoms with Crippen LogP contribution in [0.2, 0.25) is 0 Å². The fraction of sp³-hybridized carbons (Fsp3) is 0.333. The summed E-state index contributed by atoms with van der Waals surface area (Å²) in [4.78, 5) is 26.2. The zero-order valence-corrected chi connectivity index (χ0v) is 15.7. The topological polar surface area (TPSA) is 58.6 Å². The molecule has 1 N–H and O–H groups in total. The lowest BCUT2D eigenvalue weighted by Gasteiger charge is -2.28. The molecule has 2 aromatic carbocycles. The SMILES string of the molecule is COC(=O)N1CCc2ccc(NC(=O)c3c(C)cc(C)cc3C)cc2C1. The second-order valence-electron chi connectivity index (χ2n) is 6.85. The van der Waals surface area contributed by atoms with Crippen LogP contribution in [-0.4, -0.2) is 30.6 Å². The molecule has 0 aliphatic carbocycles. The van der Waals surface area contributed by atoms with Crippen molar-refractivity contribution in [2.75, 3.05) is 19.0 Å². The Labute approximate surface area is 154 Å². The number of aryl methyl sites for hydroxylation is 3. The molecule has 0 saturated carbocycles. The quantitative estimate of drug-likeness (QED) is 0.889. The lowest BCUT2D eigenvalue weighted by molar-refractivity contribution is 0.102. The van der Waals surface area contributed by atoms with Gasteiger partial charge in [0.25, 0.3) is 5.91 Å². The van der Waals surface area contributed by atoms with Crippen molar-refractivity contribution in [3.63, 3.8) is 0 Å². The van der Waals surface area contributed by atoms with Crippen molar-refractivity contribution in [2.45, 2.75) is 33.7 Å². The zero-order valence-electron chi connectivity index (χ0n) is 15.7. The fourth-order valence-electron chi connectivity index (χ4n) is 3.65. The van der Waals surface area contributed by atoms with E-state index in [1.807, 2.05) is 51.1 Å². The summed E-state index contributed by atoms with van der Waals surface area (Å²) in [5.74, 6) is -0.111. The molecular formula is C21H24N2O3. The molecule has 1 aliphatic heterocycles. The average Bonchev–Trinajstić information content (AvgIpc) is 2.59. The van der Waals surface area contributed by atoms with Crippen LogP contribution in [0.5, 0.6) is 0 Å². The Morgan fingerprint density at radius 2 is 1.73 bits per heavy atom. The number of amides is 2. The van der Waals surface area contributed by atoms with Crippen LogP contribution >= 0.6 is 0 Å². The van der Waals surface area contributed by atoms with Crippen molar-refractivity contribution in [1.29, 1.82) is 0 Å². The Bertz CT molecular complexity index is 851. The van der Waals surface area contributed by atoms with E-state index in [1.165, 1.54) is 12.7 Å². The van der Waals surface area contributed by atoms with Gasteiger partial charge in [0.15, 0.2) is 0 Å². The Morgan fingerprint density at radius 3 is 2.38 bits per heavy atom. The van der Waals surface area contributed by atoms with Crippen LogP contribution in [0.4, 0.5) is 10.5 Å². The molecule has 136 valence electrons. The van der Waals surface area contributed by atoms with Gasteiger partial charge in [0.1, 0.15) is 0 Å². The van der Waals surface area contributed by atoms with Gasteiger partial charge in [0.2, 0.25) is 0 Å². The highest BCUT2D eigenvalue weighted by atomic mass is 16.5. The van der Waals surface area contributed by atoms with Gasteiger partial charge in [-0.3, -0.25) is 4.79 Å². The number of hydrogen-bond acceptors (Lipinski definition) is 3. The Kier molecular flexibility index (Phi) is 4.98. The van der Waals surface area contributed by atoms with Crippen LogP contribution in [0.1, 0.15) is 38.2 Å². The zero-order chi connectivity index (χ0) is 18.8. The number of hydrogen-bond donors (Lipinski definition) is 1. The third kappa shape index (κ3) is 3.57. The van der Waals surface area contributed by atoms with Gasteiger partial charge in [0, 0.05) is 24.3 Å². The number of methoxy groups -OCH3 is 1. The summed E-state index contributed by atoms with van der Waals surface area (Å²) in [6.45, 7) is 7.08. The molecule has 2 aromatic rings. The molecule has 0 bridgehead atoms. The van der Waals surface area contributed by atoms with E-state index >= 15 is 0 Å². The second kappa shape index (κ2) is 7.20. The molecule has 0 fully saturated rings. The van der Waals surface area contributed by atoms with Crippen molar-refractivity contribution in [3.05, 3.63) is 63.7 Å². The van der Waals surface area contributed by atoms with Gasteiger partial charge in [-0.05, 0) is 61.6 Å². The van der Waals surface area contributed by atoms with E-state index in [1.54, 1.807) is 4.90 Å². The molecule has 0 spiro atoms. The van der Waals surface area contributed by atoms with E-state index in [0.29, 0.717) is 18.7 Å². The molecule has 0 unspecified atom stereocenters. The lowest BCUT2D eigenvalue weighted by atomic mass is 9.98. The maximum absolute atomic E-state index is 12.8. The van der Waals surface area contributed by atoms with Gasteiger partial charge >= 0.3 is 6.09 Å². The van der Waals surface area contributed by atoms with Crippen molar-refractivity contribution in [1.82, 2.24) is 4.90 Å². The minimum Gasteiger partial charge on any atom is -0.453 e. The van der Waals surface area contributed by atoms with Crippen molar-refractivity contribution in [3.8, 4) is 0 Å². The maximum Gasteiger partial charge on any atom is 0.409 e. The number of ether oxygens (including phenoxy) is 1. The minimum absolute atomic E-state index is 0.111. The van der Waals surface area contributed by atoms with Gasteiger partial charge in [-0.25, -0.2) is 4.79 Å². The monoisotopic (exact) mass is 352 g/mol. The van der Waals surface area contributed by atoms with Crippen molar-refractivity contribution < 1.29 is 14.3 Å². The molecule has 0 aromatic heterocycles. The van der Waals surface area contributed by atoms with E-state index < -0.39 is 0 Å². The molecule has 26 heavy (non-hydrogen) atoms. The first-order chi connectivity index (χ1) is 12.4. The second-order valence-corrected chi connectivity index (χ2v) is 6.85. The summed E-state index contributed by atoms with van der Waals surface area (Å²) < 4.78 is 4.81. The van der Waals surface area contributed by atoms with E-state index in [4.69, 9.17) is 4.74 Å². The Hall–Kier alpha value is -2.82. The smallest absolute Gasteiger partial charge is 0.409 e. The predicted octanol–water partition coefficient (Wildman–Crippen LogP) is 3.99. The van der Waals surface area contributed by atoms with Crippen LogP contribution in [0.3, 0.4) is 0 Å². The lowest BCUT2D eigenvalue weighted by Crippen LogP contribution is -2.35.